The third-order valence-electron chi connectivity index (χ3n) is 5.73. The quantitative estimate of drug-likeness (QED) is 0.365. The van der Waals surface area contributed by atoms with Gasteiger partial charge in [0.25, 0.3) is 5.91 Å². The number of rotatable bonds is 8. The first-order chi connectivity index (χ1) is 17.5. The zero-order chi connectivity index (χ0) is 26.8. The van der Waals surface area contributed by atoms with Gasteiger partial charge in [-0.25, -0.2) is 4.98 Å². The lowest BCUT2D eigenvalue weighted by molar-refractivity contribution is -0.138. The molecule has 1 fully saturated rings. The zero-order valence-corrected chi connectivity index (χ0v) is 20.2. The Kier molecular flexibility index (Phi) is 7.37. The predicted molar refractivity (Wildman–Crippen MR) is 127 cm³/mol. The molecule has 1 aliphatic rings. The summed E-state index contributed by atoms with van der Waals surface area (Å²) in [7, 11) is 0. The predicted octanol–water partition coefficient (Wildman–Crippen LogP) is 4.57. The second-order valence-corrected chi connectivity index (χ2v) is 8.97. The van der Waals surface area contributed by atoms with E-state index >= 15 is 0 Å². The lowest BCUT2D eigenvalue weighted by Crippen LogP contribution is -2.49. The molecule has 4 rings (SSSR count). The number of amides is 2. The van der Waals surface area contributed by atoms with Crippen LogP contribution in [0.1, 0.15) is 53.2 Å². The van der Waals surface area contributed by atoms with Crippen LogP contribution in [0.4, 0.5) is 13.2 Å². The number of nitrogens with zero attached hydrogens (tertiary/aromatic N) is 2. The number of aliphatic hydroxyl groups excluding tert-OH is 1. The Morgan fingerprint density at radius 1 is 1.19 bits per heavy atom. The van der Waals surface area contributed by atoms with Crippen LogP contribution >= 0.6 is 11.6 Å². The van der Waals surface area contributed by atoms with E-state index < -0.39 is 40.9 Å². The Hall–Kier alpha value is -3.70. The number of hydrogen-bond donors (Lipinski definition) is 3. The number of carbonyl (C=O) groups excluding carboxylic acids is 2. The number of benzene rings is 1. The van der Waals surface area contributed by atoms with E-state index in [0.29, 0.717) is 18.5 Å². The lowest BCUT2D eigenvalue weighted by atomic mass is 10.1. The summed E-state index contributed by atoms with van der Waals surface area (Å²) in [6.07, 6.45) is -3.59. The molecule has 8 nitrogen and oxygen atoms in total. The number of pyridine rings is 2. The molecule has 3 aromatic rings. The molecule has 1 unspecified atom stereocenters. The summed E-state index contributed by atoms with van der Waals surface area (Å²) in [6.45, 7) is 1.40. The molecular weight excluding hydrogens is 513 g/mol. The minimum absolute atomic E-state index is 0.0308. The van der Waals surface area contributed by atoms with Gasteiger partial charge >= 0.3 is 6.18 Å². The second-order valence-electron chi connectivity index (χ2n) is 8.58. The SMILES string of the molecule is CC(O)c1ccc(Oc2ccc(CNC(=O)C3(NC(=O)c4cccc(Cl)n4)CC3)nc2)c(C(F)(F)F)c1. The first kappa shape index (κ1) is 26.4. The van der Waals surface area contributed by atoms with E-state index in [2.05, 4.69) is 20.6 Å². The topological polar surface area (TPSA) is 113 Å². The molecule has 0 spiro atoms. The van der Waals surface area contributed by atoms with Crippen molar-refractivity contribution in [1.82, 2.24) is 20.6 Å². The Labute approximate surface area is 214 Å². The van der Waals surface area contributed by atoms with Crippen molar-refractivity contribution in [3.8, 4) is 11.5 Å². The van der Waals surface area contributed by atoms with Crippen LogP contribution in [0.25, 0.3) is 0 Å². The van der Waals surface area contributed by atoms with E-state index in [-0.39, 0.29) is 28.7 Å². The normalized spacial score (nSPS) is 15.0. The van der Waals surface area contributed by atoms with Gasteiger partial charge in [-0.05, 0) is 61.7 Å². The van der Waals surface area contributed by atoms with E-state index in [1.54, 1.807) is 6.07 Å². The van der Waals surface area contributed by atoms with Gasteiger partial charge in [-0.15, -0.1) is 0 Å². The molecule has 1 saturated carbocycles. The van der Waals surface area contributed by atoms with Crippen LogP contribution in [0.15, 0.2) is 54.7 Å². The van der Waals surface area contributed by atoms with Crippen molar-refractivity contribution >= 4 is 23.4 Å². The van der Waals surface area contributed by atoms with Gasteiger partial charge in [0.15, 0.2) is 0 Å². The third-order valence-corrected chi connectivity index (χ3v) is 5.94. The van der Waals surface area contributed by atoms with Gasteiger partial charge in [0.05, 0.1) is 30.1 Å². The minimum atomic E-state index is -4.69. The Morgan fingerprint density at radius 3 is 2.54 bits per heavy atom. The van der Waals surface area contributed by atoms with Crippen LogP contribution in [0, 0.1) is 0 Å². The van der Waals surface area contributed by atoms with E-state index in [1.807, 2.05) is 0 Å². The van der Waals surface area contributed by atoms with Crippen molar-refractivity contribution in [3.63, 3.8) is 0 Å². The van der Waals surface area contributed by atoms with Gasteiger partial charge in [0.1, 0.15) is 27.9 Å². The number of hydrogen-bond acceptors (Lipinski definition) is 6. The van der Waals surface area contributed by atoms with Crippen LogP contribution in [-0.4, -0.2) is 32.4 Å². The molecule has 0 bridgehead atoms. The van der Waals surface area contributed by atoms with Crippen molar-refractivity contribution in [2.24, 2.45) is 0 Å². The average molecular weight is 535 g/mol. The monoisotopic (exact) mass is 534 g/mol. The van der Waals surface area contributed by atoms with Gasteiger partial charge in [-0.2, -0.15) is 13.2 Å². The molecule has 194 valence electrons. The van der Waals surface area contributed by atoms with Crippen molar-refractivity contribution in [2.45, 2.75) is 44.1 Å². The molecule has 0 aliphatic heterocycles. The summed E-state index contributed by atoms with van der Waals surface area (Å²) in [5.74, 6) is -1.28. The molecule has 2 amide bonds. The Morgan fingerprint density at radius 2 is 1.95 bits per heavy atom. The van der Waals surface area contributed by atoms with Gasteiger partial charge in [-0.3, -0.25) is 14.6 Å². The molecule has 2 aromatic heterocycles. The van der Waals surface area contributed by atoms with Crippen LogP contribution < -0.4 is 15.4 Å². The summed E-state index contributed by atoms with van der Waals surface area (Å²) in [5, 5.41) is 15.2. The molecular formula is C25H22ClF3N4O4. The number of aliphatic hydroxyl groups is 1. The molecule has 1 aliphatic carbocycles. The number of ether oxygens (including phenoxy) is 1. The first-order valence-corrected chi connectivity index (χ1v) is 11.6. The second kappa shape index (κ2) is 10.3. The fourth-order valence-corrected chi connectivity index (χ4v) is 3.67. The molecule has 12 heteroatoms. The molecule has 1 aromatic carbocycles. The number of carbonyl (C=O) groups is 2. The number of nitrogens with one attached hydrogen (secondary N) is 2. The fraction of sp³-hybridized carbons (Fsp3) is 0.280. The zero-order valence-electron chi connectivity index (χ0n) is 19.5. The highest BCUT2D eigenvalue weighted by Crippen LogP contribution is 2.39. The van der Waals surface area contributed by atoms with Crippen LogP contribution in [0.2, 0.25) is 5.15 Å². The number of halogens is 4. The van der Waals surface area contributed by atoms with Crippen LogP contribution in [0.3, 0.4) is 0 Å². The summed E-state index contributed by atoms with van der Waals surface area (Å²) in [5.41, 5.74) is -1.43. The molecule has 37 heavy (non-hydrogen) atoms. The van der Waals surface area contributed by atoms with E-state index in [9.17, 15) is 27.9 Å². The van der Waals surface area contributed by atoms with Crippen molar-refractivity contribution < 1.29 is 32.6 Å². The van der Waals surface area contributed by atoms with E-state index in [1.165, 1.54) is 43.5 Å². The number of alkyl halides is 3. The average Bonchev–Trinajstić information content (AvgIpc) is 3.63. The first-order valence-electron chi connectivity index (χ1n) is 11.2. The molecule has 0 radical (unpaired) electrons. The minimum Gasteiger partial charge on any atom is -0.455 e. The molecule has 3 N–H and O–H groups in total. The Bertz CT molecular complexity index is 1310. The number of aromatic nitrogens is 2. The standard InChI is InChI=1S/C25H22ClF3N4O4/c1-14(34)15-5-8-20(18(11-15)25(27,28)29)37-17-7-6-16(30-13-17)12-31-23(36)24(9-10-24)33-22(35)19-3-2-4-21(26)32-19/h2-8,11,13-14,34H,9-10,12H2,1H3,(H,31,36)(H,33,35). The summed E-state index contributed by atoms with van der Waals surface area (Å²) in [4.78, 5) is 33.2. The molecule has 2 heterocycles. The van der Waals surface area contributed by atoms with Crippen molar-refractivity contribution in [2.75, 3.05) is 0 Å². The molecule has 1 atom stereocenters. The maximum absolute atomic E-state index is 13.5. The fourth-order valence-electron chi connectivity index (χ4n) is 3.51. The lowest BCUT2D eigenvalue weighted by Gasteiger charge is -2.17. The van der Waals surface area contributed by atoms with Gasteiger partial charge < -0.3 is 20.5 Å². The highest BCUT2D eigenvalue weighted by atomic mass is 35.5. The summed E-state index contributed by atoms with van der Waals surface area (Å²) < 4.78 is 45.8. The summed E-state index contributed by atoms with van der Waals surface area (Å²) >= 11 is 5.81. The van der Waals surface area contributed by atoms with Crippen molar-refractivity contribution in [1.29, 1.82) is 0 Å². The van der Waals surface area contributed by atoms with Gasteiger partial charge in [0, 0.05) is 0 Å². The highest BCUT2D eigenvalue weighted by molar-refractivity contribution is 6.29. The smallest absolute Gasteiger partial charge is 0.419 e. The van der Waals surface area contributed by atoms with Gasteiger partial charge in [-0.1, -0.05) is 23.7 Å². The molecule has 0 saturated heterocycles. The van der Waals surface area contributed by atoms with Crippen molar-refractivity contribution in [3.05, 3.63) is 82.4 Å². The van der Waals surface area contributed by atoms with E-state index in [0.717, 1.165) is 12.1 Å². The maximum Gasteiger partial charge on any atom is 0.419 e. The van der Waals surface area contributed by atoms with Crippen LogP contribution in [0.5, 0.6) is 11.5 Å². The maximum atomic E-state index is 13.5. The highest BCUT2D eigenvalue weighted by Gasteiger charge is 2.51. The summed E-state index contributed by atoms with van der Waals surface area (Å²) in [6, 6.07) is 10.9. The van der Waals surface area contributed by atoms with Gasteiger partial charge in [0.2, 0.25) is 5.91 Å². The van der Waals surface area contributed by atoms with Crippen LogP contribution in [-0.2, 0) is 17.5 Å². The third kappa shape index (κ3) is 6.36. The van der Waals surface area contributed by atoms with E-state index in [4.69, 9.17) is 16.3 Å². The largest absolute Gasteiger partial charge is 0.455 e. The Balaban J connectivity index is 1.36.